The highest BCUT2D eigenvalue weighted by molar-refractivity contribution is 5.92. The normalized spacial score (nSPS) is 13.3. The Balaban J connectivity index is 2.11. The quantitative estimate of drug-likeness (QED) is 0.845. The van der Waals surface area contributed by atoms with Crippen molar-refractivity contribution in [2.24, 2.45) is 0 Å². The Morgan fingerprint density at radius 3 is 2.77 bits per heavy atom. The number of anilines is 1. The first kappa shape index (κ1) is 13.9. The molecule has 0 atom stereocenters. The number of urea groups is 1. The van der Waals surface area contributed by atoms with Crippen LogP contribution in [0.3, 0.4) is 0 Å². The van der Waals surface area contributed by atoms with E-state index >= 15 is 0 Å². The van der Waals surface area contributed by atoms with Crippen molar-refractivity contribution in [3.05, 3.63) is 51.4 Å². The molecule has 3 rings (SSSR count). The summed E-state index contributed by atoms with van der Waals surface area (Å²) in [6.07, 6.45) is 0. The fourth-order valence-electron chi connectivity index (χ4n) is 2.56. The third-order valence-corrected chi connectivity index (χ3v) is 3.77. The Labute approximate surface area is 127 Å². The lowest BCUT2D eigenvalue weighted by atomic mass is 9.98. The number of hydrogen-bond donors (Lipinski definition) is 2. The predicted molar refractivity (Wildman–Crippen MR) is 82.4 cm³/mol. The average Bonchev–Trinajstić information content (AvgIpc) is 2.48. The number of fused-ring (bicyclic) bond motifs is 1. The van der Waals surface area contributed by atoms with Crippen molar-refractivity contribution in [1.82, 2.24) is 9.88 Å². The first-order valence-electron chi connectivity index (χ1n) is 6.79. The van der Waals surface area contributed by atoms with Crippen molar-refractivity contribution in [2.45, 2.75) is 13.5 Å². The average molecular weight is 294 g/mol. The largest absolute Gasteiger partial charge is 0.325 e. The van der Waals surface area contributed by atoms with E-state index in [9.17, 15) is 9.59 Å². The molecule has 1 aromatic carbocycles. The Morgan fingerprint density at radius 2 is 2.05 bits per heavy atom. The van der Waals surface area contributed by atoms with Crippen LogP contribution in [-0.2, 0) is 6.54 Å². The minimum Gasteiger partial charge on any atom is -0.325 e. The van der Waals surface area contributed by atoms with Gasteiger partial charge in [0.15, 0.2) is 0 Å². The highest BCUT2D eigenvalue weighted by Gasteiger charge is 2.20. The van der Waals surface area contributed by atoms with Crippen molar-refractivity contribution < 1.29 is 4.79 Å². The predicted octanol–water partition coefficient (Wildman–Crippen LogP) is 2.20. The second-order valence-electron chi connectivity index (χ2n) is 5.32. The number of pyridine rings is 1. The number of aryl methyl sites for hydroxylation is 1. The summed E-state index contributed by atoms with van der Waals surface area (Å²) >= 11 is 0. The molecule has 1 aliphatic rings. The van der Waals surface area contributed by atoms with Gasteiger partial charge in [-0.2, -0.15) is 5.26 Å². The van der Waals surface area contributed by atoms with Crippen molar-refractivity contribution in [3.8, 4) is 17.2 Å². The standard InChI is InChI=1S/C16H14N4O2/c1-9-13(6-11(7-17)15(21)18-9)10-3-4-14-12(5-10)8-20(2)16(22)19-14/h3-6H,8H2,1-2H3,(H,18,21)(H,19,22). The molecule has 1 aromatic heterocycles. The molecule has 22 heavy (non-hydrogen) atoms. The molecule has 1 aliphatic heterocycles. The van der Waals surface area contributed by atoms with Crippen LogP contribution in [0.4, 0.5) is 10.5 Å². The van der Waals surface area contributed by atoms with Crippen molar-refractivity contribution in [3.63, 3.8) is 0 Å². The van der Waals surface area contributed by atoms with Crippen molar-refractivity contribution in [1.29, 1.82) is 5.26 Å². The number of nitrogens with zero attached hydrogens (tertiary/aromatic N) is 2. The summed E-state index contributed by atoms with van der Waals surface area (Å²) < 4.78 is 0. The smallest absolute Gasteiger partial charge is 0.321 e. The minimum absolute atomic E-state index is 0.0868. The molecule has 2 heterocycles. The molecule has 6 nitrogen and oxygen atoms in total. The van der Waals surface area contributed by atoms with Crippen LogP contribution in [0.25, 0.3) is 11.1 Å². The maximum absolute atomic E-state index is 11.6. The number of nitrogens with one attached hydrogen (secondary N) is 2. The number of hydrogen-bond acceptors (Lipinski definition) is 3. The molecule has 0 unspecified atom stereocenters. The fraction of sp³-hybridized carbons (Fsp3) is 0.188. The van der Waals surface area contributed by atoms with Crippen LogP contribution < -0.4 is 10.9 Å². The van der Waals surface area contributed by atoms with Crippen LogP contribution >= 0.6 is 0 Å². The number of carbonyl (C=O) groups is 1. The summed E-state index contributed by atoms with van der Waals surface area (Å²) in [5.74, 6) is 0. The molecule has 0 saturated heterocycles. The summed E-state index contributed by atoms with van der Waals surface area (Å²) in [7, 11) is 1.73. The SMILES string of the molecule is Cc1[nH]c(=O)c(C#N)cc1-c1ccc2c(c1)CN(C)C(=O)N2. The molecule has 0 saturated carbocycles. The van der Waals surface area contributed by atoms with E-state index in [1.807, 2.05) is 24.3 Å². The molecule has 0 radical (unpaired) electrons. The summed E-state index contributed by atoms with van der Waals surface area (Å²) in [4.78, 5) is 27.5. The van der Waals surface area contributed by atoms with Crippen LogP contribution in [0, 0.1) is 18.3 Å². The van der Waals surface area contributed by atoms with E-state index in [0.29, 0.717) is 12.2 Å². The topological polar surface area (TPSA) is 89.0 Å². The zero-order valence-electron chi connectivity index (χ0n) is 12.2. The van der Waals surface area contributed by atoms with E-state index in [1.165, 1.54) is 0 Å². The van der Waals surface area contributed by atoms with Gasteiger partial charge in [0, 0.05) is 30.5 Å². The number of aromatic amines is 1. The van der Waals surface area contributed by atoms with E-state index < -0.39 is 0 Å². The monoisotopic (exact) mass is 294 g/mol. The Kier molecular flexibility index (Phi) is 3.18. The molecule has 6 heteroatoms. The second kappa shape index (κ2) is 5.04. The number of carbonyl (C=O) groups excluding carboxylic acids is 1. The summed E-state index contributed by atoms with van der Waals surface area (Å²) in [5.41, 5.74) is 3.89. The number of amides is 2. The van der Waals surface area contributed by atoms with Crippen LogP contribution in [0.2, 0.25) is 0 Å². The van der Waals surface area contributed by atoms with Gasteiger partial charge in [-0.1, -0.05) is 6.07 Å². The van der Waals surface area contributed by atoms with Gasteiger partial charge in [-0.25, -0.2) is 4.79 Å². The minimum atomic E-state index is -0.381. The van der Waals surface area contributed by atoms with E-state index in [1.54, 1.807) is 24.9 Å². The van der Waals surface area contributed by atoms with Crippen LogP contribution in [0.15, 0.2) is 29.1 Å². The molecule has 0 aliphatic carbocycles. The van der Waals surface area contributed by atoms with E-state index in [4.69, 9.17) is 5.26 Å². The zero-order chi connectivity index (χ0) is 15.9. The van der Waals surface area contributed by atoms with Crippen molar-refractivity contribution >= 4 is 11.7 Å². The number of nitriles is 1. The fourth-order valence-corrected chi connectivity index (χ4v) is 2.56. The van der Waals surface area contributed by atoms with E-state index in [2.05, 4.69) is 10.3 Å². The van der Waals surface area contributed by atoms with E-state index in [0.717, 1.165) is 22.4 Å². The molecule has 2 N–H and O–H groups in total. The first-order valence-corrected chi connectivity index (χ1v) is 6.79. The van der Waals surface area contributed by atoms with Gasteiger partial charge in [0.05, 0.1) is 0 Å². The van der Waals surface area contributed by atoms with Gasteiger partial charge in [-0.3, -0.25) is 4.79 Å². The lowest BCUT2D eigenvalue weighted by molar-refractivity contribution is 0.218. The molecular formula is C16H14N4O2. The Morgan fingerprint density at radius 1 is 1.27 bits per heavy atom. The maximum Gasteiger partial charge on any atom is 0.321 e. The summed E-state index contributed by atoms with van der Waals surface area (Å²) in [5, 5.41) is 11.8. The summed E-state index contributed by atoms with van der Waals surface area (Å²) in [6.45, 7) is 2.31. The van der Waals surface area contributed by atoms with Crippen molar-refractivity contribution in [2.75, 3.05) is 12.4 Å². The number of rotatable bonds is 1. The van der Waals surface area contributed by atoms with Gasteiger partial charge in [-0.05, 0) is 36.2 Å². The van der Waals surface area contributed by atoms with Gasteiger partial charge >= 0.3 is 6.03 Å². The molecule has 110 valence electrons. The molecule has 0 spiro atoms. The zero-order valence-corrected chi connectivity index (χ0v) is 12.2. The highest BCUT2D eigenvalue weighted by atomic mass is 16.2. The molecule has 0 fully saturated rings. The Hall–Kier alpha value is -3.07. The third kappa shape index (κ3) is 2.23. The van der Waals surface area contributed by atoms with Gasteiger partial charge in [-0.15, -0.1) is 0 Å². The number of H-pyrrole nitrogens is 1. The second-order valence-corrected chi connectivity index (χ2v) is 5.32. The lowest BCUT2D eigenvalue weighted by Gasteiger charge is -2.26. The highest BCUT2D eigenvalue weighted by Crippen LogP contribution is 2.29. The van der Waals surface area contributed by atoms with Crippen LogP contribution in [-0.4, -0.2) is 23.0 Å². The van der Waals surface area contributed by atoms with Crippen LogP contribution in [0.5, 0.6) is 0 Å². The van der Waals surface area contributed by atoms with Gasteiger partial charge in [0.2, 0.25) is 0 Å². The van der Waals surface area contributed by atoms with Gasteiger partial charge < -0.3 is 15.2 Å². The van der Waals surface area contributed by atoms with Crippen LogP contribution in [0.1, 0.15) is 16.8 Å². The third-order valence-electron chi connectivity index (χ3n) is 3.77. The molecular weight excluding hydrogens is 280 g/mol. The van der Waals surface area contributed by atoms with Gasteiger partial charge in [0.25, 0.3) is 5.56 Å². The number of benzene rings is 1. The van der Waals surface area contributed by atoms with Gasteiger partial charge in [0.1, 0.15) is 11.6 Å². The Bertz CT molecular complexity index is 877. The number of aromatic nitrogens is 1. The lowest BCUT2D eigenvalue weighted by Crippen LogP contribution is -2.35. The maximum atomic E-state index is 11.6. The molecule has 2 amide bonds. The first-order chi connectivity index (χ1) is 10.5. The molecule has 0 bridgehead atoms. The molecule has 2 aromatic rings. The summed E-state index contributed by atoms with van der Waals surface area (Å²) in [6, 6.07) is 9.04. The van der Waals surface area contributed by atoms with E-state index in [-0.39, 0.29) is 17.2 Å².